The number of nitrogens with two attached hydrogens (primary N) is 1. The van der Waals surface area contributed by atoms with E-state index in [0.717, 1.165) is 25.1 Å². The first kappa shape index (κ1) is 19.0. The summed E-state index contributed by atoms with van der Waals surface area (Å²) >= 11 is 0. The van der Waals surface area contributed by atoms with Crippen LogP contribution in [0.2, 0.25) is 0 Å². The summed E-state index contributed by atoms with van der Waals surface area (Å²) in [7, 11) is 1.75. The molecule has 2 unspecified atom stereocenters. The Hall–Kier alpha value is -1.29. The van der Waals surface area contributed by atoms with Crippen molar-refractivity contribution in [3.05, 3.63) is 23.7 Å². The molecule has 1 aromatic heterocycles. The van der Waals surface area contributed by atoms with Crippen molar-refractivity contribution < 1.29 is 9.21 Å². The average molecular weight is 447 g/mol. The van der Waals surface area contributed by atoms with Gasteiger partial charge >= 0.3 is 0 Å². The van der Waals surface area contributed by atoms with Crippen molar-refractivity contribution >= 4 is 35.8 Å². The summed E-state index contributed by atoms with van der Waals surface area (Å²) in [6.45, 7) is 4.96. The van der Waals surface area contributed by atoms with E-state index in [9.17, 15) is 4.79 Å². The predicted octanol–water partition coefficient (Wildman–Crippen LogP) is 1.14. The predicted molar refractivity (Wildman–Crippen MR) is 104 cm³/mol. The third-order valence-corrected chi connectivity index (χ3v) is 4.58. The summed E-state index contributed by atoms with van der Waals surface area (Å²) in [4.78, 5) is 17.9. The van der Waals surface area contributed by atoms with Crippen LogP contribution < -0.4 is 16.4 Å². The number of nitrogens with one attached hydrogen (secondary N) is 2. The number of rotatable bonds is 5. The molecule has 7 nitrogen and oxygen atoms in total. The van der Waals surface area contributed by atoms with Crippen LogP contribution in [0.15, 0.2) is 21.5 Å². The number of halogens is 1. The van der Waals surface area contributed by atoms with Gasteiger partial charge in [-0.15, -0.1) is 24.0 Å². The van der Waals surface area contributed by atoms with E-state index in [4.69, 9.17) is 10.2 Å². The molecule has 0 radical (unpaired) electrons. The fourth-order valence-electron chi connectivity index (χ4n) is 3.08. The minimum Gasteiger partial charge on any atom is -0.454 e. The normalized spacial score (nSPS) is 24.5. The standard InChI is InChI=1S/C16H25N5O2.HI/c1-10-8-21(11-3-4-11)9-13(10)20-16(18-2)19-7-12-5-6-14(23-12)15(17)22;/h5-6,10-11,13H,3-4,7-9H2,1-2H3,(H2,17,22)(H2,18,19,20);1H. The first-order valence-corrected chi connectivity index (χ1v) is 8.16. The molecular formula is C16H26IN5O2. The van der Waals surface area contributed by atoms with Crippen LogP contribution in [-0.4, -0.2) is 49.0 Å². The van der Waals surface area contributed by atoms with Gasteiger partial charge in [0.2, 0.25) is 0 Å². The van der Waals surface area contributed by atoms with E-state index in [-0.39, 0.29) is 29.7 Å². The molecule has 2 aliphatic rings. The maximum atomic E-state index is 11.0. The molecule has 1 aromatic rings. The molecule has 0 spiro atoms. The third-order valence-electron chi connectivity index (χ3n) is 4.58. The molecule has 1 aliphatic heterocycles. The minimum absolute atomic E-state index is 0. The van der Waals surface area contributed by atoms with Crippen molar-refractivity contribution in [2.24, 2.45) is 16.6 Å². The van der Waals surface area contributed by atoms with E-state index < -0.39 is 5.91 Å². The minimum atomic E-state index is -0.557. The largest absolute Gasteiger partial charge is 0.454 e. The molecule has 24 heavy (non-hydrogen) atoms. The second-order valence-corrected chi connectivity index (χ2v) is 6.47. The molecule has 4 N–H and O–H groups in total. The van der Waals surface area contributed by atoms with Crippen LogP contribution >= 0.6 is 24.0 Å². The SMILES string of the molecule is CN=C(NCc1ccc(C(N)=O)o1)NC1CN(C2CC2)CC1C.I. The molecular weight excluding hydrogens is 421 g/mol. The number of carbonyl (C=O) groups excluding carboxylic acids is 1. The van der Waals surface area contributed by atoms with Gasteiger partial charge in [0.05, 0.1) is 6.54 Å². The van der Waals surface area contributed by atoms with Crippen molar-refractivity contribution in [1.29, 1.82) is 0 Å². The number of aliphatic imine (C=N–C) groups is 1. The molecule has 2 fully saturated rings. The van der Waals surface area contributed by atoms with E-state index in [1.807, 2.05) is 0 Å². The van der Waals surface area contributed by atoms with E-state index in [1.165, 1.54) is 12.8 Å². The van der Waals surface area contributed by atoms with Gasteiger partial charge in [0, 0.05) is 32.2 Å². The molecule has 1 aliphatic carbocycles. The molecule has 3 rings (SSSR count). The van der Waals surface area contributed by atoms with Crippen LogP contribution in [0.3, 0.4) is 0 Å². The molecule has 8 heteroatoms. The summed E-state index contributed by atoms with van der Waals surface area (Å²) in [5.74, 6) is 1.62. The van der Waals surface area contributed by atoms with Gasteiger partial charge in [0.1, 0.15) is 5.76 Å². The quantitative estimate of drug-likeness (QED) is 0.358. The zero-order valence-electron chi connectivity index (χ0n) is 14.1. The Morgan fingerprint density at radius 3 is 2.75 bits per heavy atom. The second-order valence-electron chi connectivity index (χ2n) is 6.47. The molecule has 2 atom stereocenters. The highest BCUT2D eigenvalue weighted by Crippen LogP contribution is 2.31. The Bertz CT molecular complexity index is 599. The highest BCUT2D eigenvalue weighted by atomic mass is 127. The average Bonchev–Trinajstić information content (AvgIpc) is 3.15. The lowest BCUT2D eigenvalue weighted by molar-refractivity contribution is 0.0972. The smallest absolute Gasteiger partial charge is 0.284 e. The van der Waals surface area contributed by atoms with Gasteiger partial charge in [0.15, 0.2) is 11.7 Å². The topological polar surface area (TPSA) is 95.9 Å². The van der Waals surface area contributed by atoms with Crippen LogP contribution in [-0.2, 0) is 6.54 Å². The van der Waals surface area contributed by atoms with Crippen molar-refractivity contribution in [1.82, 2.24) is 15.5 Å². The fourth-order valence-corrected chi connectivity index (χ4v) is 3.08. The lowest BCUT2D eigenvalue weighted by Gasteiger charge is -2.20. The fraction of sp³-hybridized carbons (Fsp3) is 0.625. The number of guanidine groups is 1. The summed E-state index contributed by atoms with van der Waals surface area (Å²) < 4.78 is 5.36. The van der Waals surface area contributed by atoms with E-state index in [0.29, 0.717) is 24.3 Å². The monoisotopic (exact) mass is 447 g/mol. The van der Waals surface area contributed by atoms with E-state index in [1.54, 1.807) is 19.2 Å². The van der Waals surface area contributed by atoms with Crippen LogP contribution in [0, 0.1) is 5.92 Å². The number of carbonyl (C=O) groups is 1. The van der Waals surface area contributed by atoms with Crippen LogP contribution in [0.5, 0.6) is 0 Å². The lowest BCUT2D eigenvalue weighted by atomic mass is 10.1. The number of hydrogen-bond acceptors (Lipinski definition) is 4. The van der Waals surface area contributed by atoms with Gasteiger partial charge < -0.3 is 20.8 Å². The number of likely N-dealkylation sites (tertiary alicyclic amines) is 1. The van der Waals surface area contributed by atoms with Gasteiger partial charge in [0.25, 0.3) is 5.91 Å². The molecule has 1 amide bonds. The van der Waals surface area contributed by atoms with Gasteiger partial charge in [-0.05, 0) is 30.9 Å². The van der Waals surface area contributed by atoms with Crippen molar-refractivity contribution in [2.45, 2.75) is 38.4 Å². The zero-order valence-corrected chi connectivity index (χ0v) is 16.4. The Morgan fingerprint density at radius 2 is 2.17 bits per heavy atom. The van der Waals surface area contributed by atoms with Crippen LogP contribution in [0.25, 0.3) is 0 Å². The second kappa shape index (κ2) is 8.19. The molecule has 0 aromatic carbocycles. The number of furan rings is 1. The van der Waals surface area contributed by atoms with Gasteiger partial charge in [-0.3, -0.25) is 14.7 Å². The molecule has 1 saturated heterocycles. The molecule has 1 saturated carbocycles. The van der Waals surface area contributed by atoms with E-state index in [2.05, 4.69) is 27.4 Å². The lowest BCUT2D eigenvalue weighted by Crippen LogP contribution is -2.46. The van der Waals surface area contributed by atoms with Crippen LogP contribution in [0.4, 0.5) is 0 Å². The van der Waals surface area contributed by atoms with E-state index >= 15 is 0 Å². The summed E-state index contributed by atoms with van der Waals surface area (Å²) in [6.07, 6.45) is 2.68. The van der Waals surface area contributed by atoms with Gasteiger partial charge in [-0.25, -0.2) is 0 Å². The highest BCUT2D eigenvalue weighted by Gasteiger charge is 2.38. The Kier molecular flexibility index (Phi) is 6.50. The summed E-state index contributed by atoms with van der Waals surface area (Å²) in [5.41, 5.74) is 5.18. The number of amides is 1. The maximum absolute atomic E-state index is 11.0. The third kappa shape index (κ3) is 4.62. The number of primary amides is 1. The zero-order chi connectivity index (χ0) is 16.4. The Morgan fingerprint density at radius 1 is 1.42 bits per heavy atom. The Balaban J connectivity index is 0.00000208. The summed E-state index contributed by atoms with van der Waals surface area (Å²) in [5, 5.41) is 6.71. The van der Waals surface area contributed by atoms with Crippen molar-refractivity contribution in [3.8, 4) is 0 Å². The Labute approximate surface area is 159 Å². The van der Waals surface area contributed by atoms with Gasteiger partial charge in [-0.1, -0.05) is 6.92 Å². The molecule has 0 bridgehead atoms. The molecule has 134 valence electrons. The highest BCUT2D eigenvalue weighted by molar-refractivity contribution is 14.0. The first-order valence-electron chi connectivity index (χ1n) is 8.16. The van der Waals surface area contributed by atoms with Gasteiger partial charge in [-0.2, -0.15) is 0 Å². The summed E-state index contributed by atoms with van der Waals surface area (Å²) in [6, 6.07) is 4.53. The first-order chi connectivity index (χ1) is 11.1. The number of hydrogen-bond donors (Lipinski definition) is 3. The molecule has 2 heterocycles. The maximum Gasteiger partial charge on any atom is 0.284 e. The number of nitrogens with zero attached hydrogens (tertiary/aromatic N) is 2. The van der Waals surface area contributed by atoms with Crippen molar-refractivity contribution in [3.63, 3.8) is 0 Å². The van der Waals surface area contributed by atoms with Crippen molar-refractivity contribution in [2.75, 3.05) is 20.1 Å². The van der Waals surface area contributed by atoms with Crippen LogP contribution in [0.1, 0.15) is 36.1 Å².